The molecule has 0 unspecified atom stereocenters. The number of rotatable bonds is 5. The molecule has 1 fully saturated rings. The summed E-state index contributed by atoms with van der Waals surface area (Å²) in [6, 6.07) is 0.259. The SMILES string of the molecule is Cc1nc(C)c(C(=O)N2CC[C@H](N(C)Cc3noc(C(C)C)n3)C2)o1. The Kier molecular flexibility index (Phi) is 4.89. The quantitative estimate of drug-likeness (QED) is 0.818. The predicted molar refractivity (Wildman–Crippen MR) is 90.1 cm³/mol. The fraction of sp³-hybridized carbons (Fsp3) is 0.647. The van der Waals surface area contributed by atoms with E-state index in [-0.39, 0.29) is 17.9 Å². The van der Waals surface area contributed by atoms with Crippen LogP contribution in [-0.2, 0) is 6.54 Å². The maximum Gasteiger partial charge on any atom is 0.291 e. The van der Waals surface area contributed by atoms with Gasteiger partial charge in [0.15, 0.2) is 11.7 Å². The third-order valence-electron chi connectivity index (χ3n) is 4.54. The summed E-state index contributed by atoms with van der Waals surface area (Å²) in [6.07, 6.45) is 0.906. The highest BCUT2D eigenvalue weighted by Gasteiger charge is 2.32. The van der Waals surface area contributed by atoms with E-state index in [0.717, 1.165) is 6.42 Å². The smallest absolute Gasteiger partial charge is 0.291 e. The summed E-state index contributed by atoms with van der Waals surface area (Å²) in [6.45, 7) is 9.55. The number of likely N-dealkylation sites (tertiary alicyclic amines) is 1. The van der Waals surface area contributed by atoms with Crippen LogP contribution in [0.15, 0.2) is 8.94 Å². The Morgan fingerprint density at radius 2 is 2.12 bits per heavy atom. The van der Waals surface area contributed by atoms with Crippen LogP contribution < -0.4 is 0 Å². The molecule has 0 aliphatic carbocycles. The zero-order valence-electron chi connectivity index (χ0n) is 15.4. The molecule has 0 bridgehead atoms. The van der Waals surface area contributed by atoms with Crippen molar-refractivity contribution in [1.82, 2.24) is 24.9 Å². The summed E-state index contributed by atoms with van der Waals surface area (Å²) < 4.78 is 10.7. The summed E-state index contributed by atoms with van der Waals surface area (Å²) in [5, 5.41) is 4.03. The number of oxazole rings is 1. The molecule has 25 heavy (non-hydrogen) atoms. The van der Waals surface area contributed by atoms with Crippen LogP contribution in [0.3, 0.4) is 0 Å². The van der Waals surface area contributed by atoms with Crippen molar-refractivity contribution in [2.75, 3.05) is 20.1 Å². The first-order valence-electron chi connectivity index (χ1n) is 8.61. The molecule has 0 N–H and O–H groups in total. The van der Waals surface area contributed by atoms with Crippen molar-refractivity contribution >= 4 is 5.91 Å². The van der Waals surface area contributed by atoms with E-state index in [4.69, 9.17) is 8.94 Å². The van der Waals surface area contributed by atoms with Crippen LogP contribution in [0.25, 0.3) is 0 Å². The second-order valence-corrected chi connectivity index (χ2v) is 6.96. The molecule has 8 heteroatoms. The van der Waals surface area contributed by atoms with E-state index in [2.05, 4.69) is 20.0 Å². The number of hydrogen-bond donors (Lipinski definition) is 0. The molecule has 1 atom stereocenters. The van der Waals surface area contributed by atoms with Crippen LogP contribution in [0.2, 0.25) is 0 Å². The average Bonchev–Trinajstić information content (AvgIpc) is 3.26. The first kappa shape index (κ1) is 17.6. The molecule has 136 valence electrons. The zero-order valence-corrected chi connectivity index (χ0v) is 15.4. The third kappa shape index (κ3) is 3.73. The van der Waals surface area contributed by atoms with E-state index >= 15 is 0 Å². The molecule has 1 saturated heterocycles. The summed E-state index contributed by atoms with van der Waals surface area (Å²) >= 11 is 0. The topological polar surface area (TPSA) is 88.5 Å². The van der Waals surface area contributed by atoms with Crippen molar-refractivity contribution < 1.29 is 13.7 Å². The number of carbonyl (C=O) groups excluding carboxylic acids is 1. The van der Waals surface area contributed by atoms with E-state index in [1.54, 1.807) is 13.8 Å². The van der Waals surface area contributed by atoms with E-state index in [0.29, 0.717) is 48.7 Å². The number of likely N-dealkylation sites (N-methyl/N-ethyl adjacent to an activating group) is 1. The number of aryl methyl sites for hydroxylation is 2. The molecule has 3 heterocycles. The van der Waals surface area contributed by atoms with Crippen LogP contribution in [0, 0.1) is 13.8 Å². The predicted octanol–water partition coefficient (Wildman–Crippen LogP) is 2.14. The average molecular weight is 347 g/mol. The first-order valence-corrected chi connectivity index (χ1v) is 8.61. The highest BCUT2D eigenvalue weighted by Crippen LogP contribution is 2.21. The summed E-state index contributed by atoms with van der Waals surface area (Å²) in [4.78, 5) is 25.2. The molecule has 1 amide bonds. The minimum atomic E-state index is -0.0874. The van der Waals surface area contributed by atoms with Gasteiger partial charge >= 0.3 is 0 Å². The van der Waals surface area contributed by atoms with Crippen LogP contribution >= 0.6 is 0 Å². The van der Waals surface area contributed by atoms with Crippen LogP contribution in [0.4, 0.5) is 0 Å². The first-order chi connectivity index (χ1) is 11.8. The van der Waals surface area contributed by atoms with E-state index < -0.39 is 0 Å². The van der Waals surface area contributed by atoms with Gasteiger partial charge in [-0.05, 0) is 20.4 Å². The second kappa shape index (κ2) is 6.95. The Balaban J connectivity index is 1.59. The zero-order chi connectivity index (χ0) is 18.1. The minimum Gasteiger partial charge on any atom is -0.436 e. The highest BCUT2D eigenvalue weighted by molar-refractivity contribution is 5.92. The van der Waals surface area contributed by atoms with Crippen molar-refractivity contribution in [3.63, 3.8) is 0 Å². The van der Waals surface area contributed by atoms with Gasteiger partial charge in [-0.1, -0.05) is 19.0 Å². The summed E-state index contributed by atoms with van der Waals surface area (Å²) in [5.74, 6) is 2.34. The highest BCUT2D eigenvalue weighted by atomic mass is 16.5. The molecular formula is C17H25N5O3. The molecule has 0 saturated carbocycles. The maximum absolute atomic E-state index is 12.6. The molecule has 0 aromatic carbocycles. The number of amides is 1. The molecule has 2 aromatic rings. The molecular weight excluding hydrogens is 322 g/mol. The van der Waals surface area contributed by atoms with Crippen molar-refractivity contribution in [2.24, 2.45) is 0 Å². The molecule has 0 radical (unpaired) electrons. The fourth-order valence-corrected chi connectivity index (χ4v) is 3.08. The van der Waals surface area contributed by atoms with Gasteiger partial charge in [-0.15, -0.1) is 0 Å². The van der Waals surface area contributed by atoms with Crippen molar-refractivity contribution in [3.8, 4) is 0 Å². The van der Waals surface area contributed by atoms with E-state index in [1.165, 1.54) is 0 Å². The summed E-state index contributed by atoms with van der Waals surface area (Å²) in [7, 11) is 2.02. The van der Waals surface area contributed by atoms with Crippen molar-refractivity contribution in [1.29, 1.82) is 0 Å². The largest absolute Gasteiger partial charge is 0.436 e. The second-order valence-electron chi connectivity index (χ2n) is 6.96. The van der Waals surface area contributed by atoms with Gasteiger partial charge in [0.2, 0.25) is 11.7 Å². The number of hydrogen-bond acceptors (Lipinski definition) is 7. The number of aromatic nitrogens is 3. The summed E-state index contributed by atoms with van der Waals surface area (Å²) in [5.41, 5.74) is 0.646. The van der Waals surface area contributed by atoms with Crippen LogP contribution in [0.1, 0.15) is 60.0 Å². The van der Waals surface area contributed by atoms with Gasteiger partial charge in [-0.2, -0.15) is 4.98 Å². The Bertz CT molecular complexity index is 751. The van der Waals surface area contributed by atoms with Gasteiger partial charge < -0.3 is 13.8 Å². The lowest BCUT2D eigenvalue weighted by atomic mass is 10.2. The normalized spacial score (nSPS) is 17.9. The van der Waals surface area contributed by atoms with E-state index in [9.17, 15) is 4.79 Å². The van der Waals surface area contributed by atoms with Crippen LogP contribution in [-0.4, -0.2) is 57.0 Å². The minimum absolute atomic E-state index is 0.0874. The van der Waals surface area contributed by atoms with Crippen molar-refractivity contribution in [3.05, 3.63) is 29.1 Å². The standard InChI is InChI=1S/C17H25N5O3/c1-10(2)16-19-14(20-25-16)9-21(5)13-6-7-22(8-13)17(23)15-11(3)18-12(4)24-15/h10,13H,6-9H2,1-5H3/t13-/m0/s1. The maximum atomic E-state index is 12.6. The Morgan fingerprint density at radius 3 is 2.72 bits per heavy atom. The fourth-order valence-electron chi connectivity index (χ4n) is 3.08. The number of nitrogens with zero attached hydrogens (tertiary/aromatic N) is 5. The Morgan fingerprint density at radius 1 is 1.36 bits per heavy atom. The third-order valence-corrected chi connectivity index (χ3v) is 4.54. The molecule has 1 aliphatic heterocycles. The van der Waals surface area contributed by atoms with E-state index in [1.807, 2.05) is 25.8 Å². The van der Waals surface area contributed by atoms with Gasteiger partial charge in [0, 0.05) is 32.0 Å². The Hall–Kier alpha value is -2.22. The molecule has 3 rings (SSSR count). The molecule has 2 aromatic heterocycles. The lowest BCUT2D eigenvalue weighted by Crippen LogP contribution is -2.36. The van der Waals surface area contributed by atoms with Crippen LogP contribution in [0.5, 0.6) is 0 Å². The van der Waals surface area contributed by atoms with Gasteiger partial charge in [-0.25, -0.2) is 4.98 Å². The van der Waals surface area contributed by atoms with Gasteiger partial charge in [0.25, 0.3) is 5.91 Å². The molecule has 8 nitrogen and oxygen atoms in total. The van der Waals surface area contributed by atoms with Gasteiger partial charge in [0.1, 0.15) is 0 Å². The van der Waals surface area contributed by atoms with Crippen molar-refractivity contribution in [2.45, 2.75) is 52.6 Å². The van der Waals surface area contributed by atoms with Gasteiger partial charge in [-0.3, -0.25) is 9.69 Å². The monoisotopic (exact) mass is 347 g/mol. The molecule has 0 spiro atoms. The lowest BCUT2D eigenvalue weighted by molar-refractivity contribution is 0.0745. The number of carbonyl (C=O) groups is 1. The Labute approximate surface area is 147 Å². The lowest BCUT2D eigenvalue weighted by Gasteiger charge is -2.23. The molecule has 1 aliphatic rings. The van der Waals surface area contributed by atoms with Gasteiger partial charge in [0.05, 0.1) is 12.2 Å².